The maximum atomic E-state index is 6.35. The minimum Gasteiger partial charge on any atom is -0.326 e. The summed E-state index contributed by atoms with van der Waals surface area (Å²) >= 11 is 0. The Morgan fingerprint density at radius 1 is 1.21 bits per heavy atom. The third-order valence-corrected chi connectivity index (χ3v) is 4.53. The van der Waals surface area contributed by atoms with E-state index in [-0.39, 0.29) is 6.04 Å². The topological polar surface area (TPSA) is 29.3 Å². The molecule has 0 aliphatic carbocycles. The van der Waals surface area contributed by atoms with E-state index in [0.717, 1.165) is 24.8 Å². The van der Waals surface area contributed by atoms with Crippen molar-refractivity contribution in [2.45, 2.75) is 45.7 Å². The number of hydrogen-bond acceptors (Lipinski definition) is 2. The highest BCUT2D eigenvalue weighted by atomic mass is 15.2. The van der Waals surface area contributed by atoms with Crippen LogP contribution in [0.2, 0.25) is 0 Å². The third-order valence-electron chi connectivity index (χ3n) is 4.53. The van der Waals surface area contributed by atoms with Crippen molar-refractivity contribution in [1.29, 1.82) is 0 Å². The summed E-state index contributed by atoms with van der Waals surface area (Å²) in [6.07, 6.45) is 2.33. The number of rotatable bonds is 4. The van der Waals surface area contributed by atoms with Gasteiger partial charge < -0.3 is 5.73 Å². The Hall–Kier alpha value is -0.860. The van der Waals surface area contributed by atoms with Gasteiger partial charge in [0.15, 0.2) is 0 Å². The highest BCUT2D eigenvalue weighted by Crippen LogP contribution is 2.26. The summed E-state index contributed by atoms with van der Waals surface area (Å²) in [6, 6.07) is 11.5. The zero-order chi connectivity index (χ0) is 13.8. The molecule has 1 aliphatic rings. The maximum absolute atomic E-state index is 6.35. The van der Waals surface area contributed by atoms with Gasteiger partial charge in [0.1, 0.15) is 0 Å². The molecule has 0 amide bonds. The molecule has 2 rings (SSSR count). The van der Waals surface area contributed by atoms with Gasteiger partial charge >= 0.3 is 0 Å². The molecule has 2 heteroatoms. The van der Waals surface area contributed by atoms with E-state index >= 15 is 0 Å². The van der Waals surface area contributed by atoms with Crippen LogP contribution in [0.5, 0.6) is 0 Å². The summed E-state index contributed by atoms with van der Waals surface area (Å²) in [5.74, 6) is 1.59. The Morgan fingerprint density at radius 2 is 1.89 bits per heavy atom. The third kappa shape index (κ3) is 4.05. The lowest BCUT2D eigenvalue weighted by molar-refractivity contribution is 0.0742. The number of hydrogen-bond donors (Lipinski definition) is 1. The van der Waals surface area contributed by atoms with Crippen molar-refractivity contribution in [3.63, 3.8) is 0 Å². The summed E-state index contributed by atoms with van der Waals surface area (Å²) in [7, 11) is 0. The van der Waals surface area contributed by atoms with Gasteiger partial charge in [-0.05, 0) is 37.2 Å². The van der Waals surface area contributed by atoms with E-state index in [1.54, 1.807) is 0 Å². The summed E-state index contributed by atoms with van der Waals surface area (Å²) in [5, 5.41) is 0. The first-order chi connectivity index (χ1) is 9.06. The monoisotopic (exact) mass is 260 g/mol. The first kappa shape index (κ1) is 14.5. The molecule has 2 nitrogen and oxygen atoms in total. The molecule has 0 saturated carbocycles. The molecule has 2 N–H and O–H groups in total. The second kappa shape index (κ2) is 6.53. The van der Waals surface area contributed by atoms with Crippen LogP contribution in [0.25, 0.3) is 0 Å². The van der Waals surface area contributed by atoms with E-state index in [0.29, 0.717) is 6.04 Å². The summed E-state index contributed by atoms with van der Waals surface area (Å²) < 4.78 is 0. The molecule has 1 aliphatic heterocycles. The zero-order valence-corrected chi connectivity index (χ0v) is 12.5. The molecule has 0 bridgehead atoms. The highest BCUT2D eigenvalue weighted by molar-refractivity contribution is 5.15. The Balaban J connectivity index is 1.89. The van der Waals surface area contributed by atoms with Crippen LogP contribution in [0.15, 0.2) is 30.3 Å². The minimum absolute atomic E-state index is 0.238. The zero-order valence-electron chi connectivity index (χ0n) is 12.5. The first-order valence-electron chi connectivity index (χ1n) is 7.59. The Labute approximate surface area is 118 Å². The Kier molecular flexibility index (Phi) is 5.00. The van der Waals surface area contributed by atoms with Crippen molar-refractivity contribution < 1.29 is 0 Å². The number of likely N-dealkylation sites (tertiary alicyclic amines) is 1. The molecular weight excluding hydrogens is 232 g/mol. The lowest BCUT2D eigenvalue weighted by Gasteiger charge is -2.42. The SMILES string of the molecule is CC1CC(C)C(C)N(CC(N)Cc2ccccc2)C1. The first-order valence-corrected chi connectivity index (χ1v) is 7.59. The highest BCUT2D eigenvalue weighted by Gasteiger charge is 2.29. The standard InChI is InChI=1S/C17H28N2/c1-13-9-14(2)15(3)19(11-13)12-17(18)10-16-7-5-4-6-8-16/h4-8,13-15,17H,9-12,18H2,1-3H3. The molecule has 0 spiro atoms. The van der Waals surface area contributed by atoms with Crippen LogP contribution in [0.3, 0.4) is 0 Å². The van der Waals surface area contributed by atoms with E-state index in [2.05, 4.69) is 56.0 Å². The van der Waals surface area contributed by atoms with E-state index in [9.17, 15) is 0 Å². The normalized spacial score (nSPS) is 30.2. The number of benzene rings is 1. The van der Waals surface area contributed by atoms with Crippen LogP contribution in [0.1, 0.15) is 32.8 Å². The summed E-state index contributed by atoms with van der Waals surface area (Å²) in [5.41, 5.74) is 7.70. The van der Waals surface area contributed by atoms with E-state index < -0.39 is 0 Å². The van der Waals surface area contributed by atoms with Crippen LogP contribution in [-0.2, 0) is 6.42 Å². The van der Waals surface area contributed by atoms with Crippen LogP contribution < -0.4 is 5.73 Å². The fourth-order valence-corrected chi connectivity index (χ4v) is 3.36. The lowest BCUT2D eigenvalue weighted by atomic mass is 9.85. The Bertz CT molecular complexity index is 376. The average molecular weight is 260 g/mol. The van der Waals surface area contributed by atoms with Gasteiger partial charge in [-0.15, -0.1) is 0 Å². The number of piperidine rings is 1. The van der Waals surface area contributed by atoms with Crippen LogP contribution in [0.4, 0.5) is 0 Å². The van der Waals surface area contributed by atoms with Crippen molar-refractivity contribution in [3.05, 3.63) is 35.9 Å². The van der Waals surface area contributed by atoms with E-state index in [1.165, 1.54) is 18.5 Å². The minimum atomic E-state index is 0.238. The predicted molar refractivity (Wildman–Crippen MR) is 82.1 cm³/mol. The molecule has 1 heterocycles. The van der Waals surface area contributed by atoms with Crippen LogP contribution >= 0.6 is 0 Å². The van der Waals surface area contributed by atoms with Gasteiger partial charge in [-0.25, -0.2) is 0 Å². The second-order valence-corrected chi connectivity index (χ2v) is 6.46. The molecule has 1 saturated heterocycles. The van der Waals surface area contributed by atoms with Gasteiger partial charge in [0.2, 0.25) is 0 Å². The lowest BCUT2D eigenvalue weighted by Crippen LogP contribution is -2.50. The summed E-state index contributed by atoms with van der Waals surface area (Å²) in [4.78, 5) is 2.59. The molecule has 4 unspecified atom stereocenters. The van der Waals surface area contributed by atoms with E-state index in [1.807, 2.05) is 0 Å². The van der Waals surface area contributed by atoms with Gasteiger partial charge in [-0.3, -0.25) is 4.90 Å². The largest absolute Gasteiger partial charge is 0.326 e. The molecule has 106 valence electrons. The van der Waals surface area contributed by atoms with Gasteiger partial charge in [0.05, 0.1) is 0 Å². The van der Waals surface area contributed by atoms with Crippen molar-refractivity contribution in [2.75, 3.05) is 13.1 Å². The summed E-state index contributed by atoms with van der Waals surface area (Å²) in [6.45, 7) is 9.30. The number of nitrogens with two attached hydrogens (primary N) is 1. The van der Waals surface area contributed by atoms with Gasteiger partial charge in [-0.1, -0.05) is 44.2 Å². The van der Waals surface area contributed by atoms with Gasteiger partial charge in [-0.2, -0.15) is 0 Å². The van der Waals surface area contributed by atoms with Crippen LogP contribution in [-0.4, -0.2) is 30.1 Å². The smallest absolute Gasteiger partial charge is 0.0208 e. The van der Waals surface area contributed by atoms with Crippen molar-refractivity contribution in [1.82, 2.24) is 4.90 Å². The quantitative estimate of drug-likeness (QED) is 0.902. The fourth-order valence-electron chi connectivity index (χ4n) is 3.36. The van der Waals surface area contributed by atoms with E-state index in [4.69, 9.17) is 5.73 Å². The maximum Gasteiger partial charge on any atom is 0.0208 e. The van der Waals surface area contributed by atoms with Crippen molar-refractivity contribution in [3.8, 4) is 0 Å². The van der Waals surface area contributed by atoms with Crippen LogP contribution in [0, 0.1) is 11.8 Å². The molecule has 1 fully saturated rings. The molecule has 1 aromatic rings. The fraction of sp³-hybridized carbons (Fsp3) is 0.647. The predicted octanol–water partition coefficient (Wildman–Crippen LogP) is 2.92. The van der Waals surface area contributed by atoms with Crippen molar-refractivity contribution >= 4 is 0 Å². The van der Waals surface area contributed by atoms with Crippen molar-refractivity contribution in [2.24, 2.45) is 17.6 Å². The average Bonchev–Trinajstić information content (AvgIpc) is 2.36. The molecule has 0 radical (unpaired) electrons. The number of nitrogens with zero attached hydrogens (tertiary/aromatic N) is 1. The Morgan fingerprint density at radius 3 is 2.58 bits per heavy atom. The molecule has 0 aromatic heterocycles. The molecular formula is C17H28N2. The molecule has 1 aromatic carbocycles. The van der Waals surface area contributed by atoms with Gasteiger partial charge in [0.25, 0.3) is 0 Å². The molecule has 4 atom stereocenters. The molecule has 19 heavy (non-hydrogen) atoms. The second-order valence-electron chi connectivity index (χ2n) is 6.46. The van der Waals surface area contributed by atoms with Gasteiger partial charge in [0, 0.05) is 25.2 Å².